The topological polar surface area (TPSA) is 66.5 Å². The predicted molar refractivity (Wildman–Crippen MR) is 40.3 cm³/mol. The zero-order valence-corrected chi connectivity index (χ0v) is 6.62. The lowest BCUT2D eigenvalue weighted by molar-refractivity contribution is 0.0724. The van der Waals surface area contributed by atoms with Crippen LogP contribution in [0.25, 0.3) is 0 Å². The summed E-state index contributed by atoms with van der Waals surface area (Å²) in [6, 6.07) is 0. The molecule has 0 amide bonds. The Morgan fingerprint density at radius 1 is 1.40 bits per heavy atom. The highest BCUT2D eigenvalue weighted by Gasteiger charge is 2.14. The maximum atomic E-state index is 9.09. The number of aliphatic hydroxyl groups is 2. The summed E-state index contributed by atoms with van der Waals surface area (Å²) in [6.45, 7) is 3.69. The van der Waals surface area contributed by atoms with Gasteiger partial charge in [0.05, 0.1) is 6.10 Å². The minimum absolute atomic E-state index is 0.125. The molecule has 0 aromatic rings. The molecule has 0 heterocycles. The van der Waals surface area contributed by atoms with Crippen molar-refractivity contribution in [3.63, 3.8) is 0 Å². The molecule has 0 aliphatic carbocycles. The van der Waals surface area contributed by atoms with Gasteiger partial charge >= 0.3 is 0 Å². The molecule has 0 aliphatic rings. The second kappa shape index (κ2) is 4.66. The number of aliphatic hydroxyl groups excluding tert-OH is 2. The van der Waals surface area contributed by atoms with Gasteiger partial charge in [0.15, 0.2) is 0 Å². The van der Waals surface area contributed by atoms with Gasteiger partial charge in [-0.1, -0.05) is 13.3 Å². The van der Waals surface area contributed by atoms with Crippen LogP contribution in [0.1, 0.15) is 26.7 Å². The highest BCUT2D eigenvalue weighted by molar-refractivity contribution is 4.64. The molecular weight excluding hydrogens is 130 g/mol. The molecular formula is C7H17NO2. The Morgan fingerprint density at radius 2 is 1.90 bits per heavy atom. The fourth-order valence-electron chi connectivity index (χ4n) is 1.01. The van der Waals surface area contributed by atoms with E-state index in [1.807, 2.05) is 6.92 Å². The Bertz CT molecular complexity index is 83.7. The Kier molecular flexibility index (Phi) is 4.60. The summed E-state index contributed by atoms with van der Waals surface area (Å²) >= 11 is 0. The lowest BCUT2D eigenvalue weighted by atomic mass is 9.96. The van der Waals surface area contributed by atoms with Crippen LogP contribution in [-0.2, 0) is 0 Å². The second-order valence-electron chi connectivity index (χ2n) is 2.71. The van der Waals surface area contributed by atoms with Crippen molar-refractivity contribution in [2.45, 2.75) is 39.0 Å². The van der Waals surface area contributed by atoms with Crippen LogP contribution >= 0.6 is 0 Å². The Balaban J connectivity index is 3.60. The van der Waals surface area contributed by atoms with Crippen molar-refractivity contribution in [2.24, 2.45) is 11.7 Å². The molecule has 0 saturated heterocycles. The van der Waals surface area contributed by atoms with E-state index in [9.17, 15) is 0 Å². The lowest BCUT2D eigenvalue weighted by Crippen LogP contribution is -2.27. The summed E-state index contributed by atoms with van der Waals surface area (Å²) in [7, 11) is 0. The molecule has 0 aromatic carbocycles. The Hall–Kier alpha value is -0.120. The molecule has 0 spiro atoms. The third kappa shape index (κ3) is 3.82. The number of hydrogen-bond donors (Lipinski definition) is 3. The van der Waals surface area contributed by atoms with Gasteiger partial charge in [-0.25, -0.2) is 0 Å². The van der Waals surface area contributed by atoms with Crippen molar-refractivity contribution in [2.75, 3.05) is 0 Å². The first-order valence-corrected chi connectivity index (χ1v) is 3.69. The van der Waals surface area contributed by atoms with Crippen LogP contribution in [0.4, 0.5) is 0 Å². The third-order valence-electron chi connectivity index (χ3n) is 1.75. The third-order valence-corrected chi connectivity index (χ3v) is 1.75. The molecule has 0 aromatic heterocycles. The standard InChI is InChI=1S/C7H17NO2/c1-3-6(5(2)9)4-7(8)10/h5-7,9-10H,3-4,8H2,1-2H3. The van der Waals surface area contributed by atoms with Crippen LogP contribution in [0.3, 0.4) is 0 Å². The molecule has 62 valence electrons. The highest BCUT2D eigenvalue weighted by atomic mass is 16.3. The van der Waals surface area contributed by atoms with E-state index in [4.69, 9.17) is 15.9 Å². The first-order valence-electron chi connectivity index (χ1n) is 3.69. The van der Waals surface area contributed by atoms with E-state index in [2.05, 4.69) is 0 Å². The molecule has 0 fully saturated rings. The van der Waals surface area contributed by atoms with Crippen LogP contribution < -0.4 is 5.73 Å². The molecule has 3 unspecified atom stereocenters. The molecule has 0 rings (SSSR count). The summed E-state index contributed by atoms with van der Waals surface area (Å²) < 4.78 is 0. The summed E-state index contributed by atoms with van der Waals surface area (Å²) in [5.41, 5.74) is 5.15. The van der Waals surface area contributed by atoms with Gasteiger partial charge in [-0.15, -0.1) is 0 Å². The van der Waals surface area contributed by atoms with Gasteiger partial charge in [0.1, 0.15) is 6.23 Å². The van der Waals surface area contributed by atoms with Crippen molar-refractivity contribution < 1.29 is 10.2 Å². The average molecular weight is 147 g/mol. The molecule has 3 heteroatoms. The molecule has 0 radical (unpaired) electrons. The summed E-state index contributed by atoms with van der Waals surface area (Å²) in [5, 5.41) is 17.9. The summed E-state index contributed by atoms with van der Waals surface area (Å²) in [6.07, 6.45) is 0.169. The van der Waals surface area contributed by atoms with Crippen LogP contribution in [0.15, 0.2) is 0 Å². The molecule has 0 aliphatic heterocycles. The van der Waals surface area contributed by atoms with E-state index < -0.39 is 6.23 Å². The number of hydrogen-bond acceptors (Lipinski definition) is 3. The minimum Gasteiger partial charge on any atom is -0.393 e. The molecule has 10 heavy (non-hydrogen) atoms. The van der Waals surface area contributed by atoms with Crippen molar-refractivity contribution in [1.29, 1.82) is 0 Å². The van der Waals surface area contributed by atoms with E-state index in [-0.39, 0.29) is 12.0 Å². The smallest absolute Gasteiger partial charge is 0.102 e. The normalized spacial score (nSPS) is 20.1. The van der Waals surface area contributed by atoms with E-state index in [0.29, 0.717) is 6.42 Å². The van der Waals surface area contributed by atoms with E-state index in [1.54, 1.807) is 6.92 Å². The SMILES string of the molecule is CCC(CC(N)O)C(C)O. The van der Waals surface area contributed by atoms with E-state index in [1.165, 1.54) is 0 Å². The highest BCUT2D eigenvalue weighted by Crippen LogP contribution is 2.13. The minimum atomic E-state index is -0.792. The Morgan fingerprint density at radius 3 is 2.00 bits per heavy atom. The zero-order chi connectivity index (χ0) is 8.15. The monoisotopic (exact) mass is 147 g/mol. The fourth-order valence-corrected chi connectivity index (χ4v) is 1.01. The van der Waals surface area contributed by atoms with Crippen molar-refractivity contribution in [3.8, 4) is 0 Å². The fraction of sp³-hybridized carbons (Fsp3) is 1.00. The predicted octanol–water partition coefficient (Wildman–Crippen LogP) is 0.0606. The van der Waals surface area contributed by atoms with Crippen LogP contribution in [-0.4, -0.2) is 22.5 Å². The van der Waals surface area contributed by atoms with Gasteiger partial charge in [0.25, 0.3) is 0 Å². The van der Waals surface area contributed by atoms with Gasteiger partial charge in [-0.2, -0.15) is 0 Å². The second-order valence-corrected chi connectivity index (χ2v) is 2.71. The van der Waals surface area contributed by atoms with Crippen LogP contribution in [0, 0.1) is 5.92 Å². The van der Waals surface area contributed by atoms with E-state index >= 15 is 0 Å². The molecule has 0 bridgehead atoms. The Labute approximate surface area is 61.9 Å². The maximum Gasteiger partial charge on any atom is 0.102 e. The molecule has 3 nitrogen and oxygen atoms in total. The number of rotatable bonds is 4. The van der Waals surface area contributed by atoms with Gasteiger partial charge in [0.2, 0.25) is 0 Å². The van der Waals surface area contributed by atoms with Crippen LogP contribution in [0.2, 0.25) is 0 Å². The first kappa shape index (κ1) is 9.88. The summed E-state index contributed by atoms with van der Waals surface area (Å²) in [5.74, 6) is 0.125. The van der Waals surface area contributed by atoms with Gasteiger partial charge in [-0.05, 0) is 19.3 Å². The van der Waals surface area contributed by atoms with Gasteiger partial charge in [0, 0.05) is 0 Å². The quantitative estimate of drug-likeness (QED) is 0.493. The van der Waals surface area contributed by atoms with E-state index in [0.717, 1.165) is 6.42 Å². The maximum absolute atomic E-state index is 9.09. The van der Waals surface area contributed by atoms with Gasteiger partial charge < -0.3 is 15.9 Å². The first-order chi connectivity index (χ1) is 4.57. The molecule has 0 saturated carbocycles. The van der Waals surface area contributed by atoms with Gasteiger partial charge in [-0.3, -0.25) is 0 Å². The zero-order valence-electron chi connectivity index (χ0n) is 6.62. The molecule has 4 N–H and O–H groups in total. The van der Waals surface area contributed by atoms with Crippen molar-refractivity contribution in [3.05, 3.63) is 0 Å². The van der Waals surface area contributed by atoms with Crippen molar-refractivity contribution in [1.82, 2.24) is 0 Å². The average Bonchev–Trinajstić information content (AvgIpc) is 1.81. The van der Waals surface area contributed by atoms with Crippen molar-refractivity contribution >= 4 is 0 Å². The molecule has 3 atom stereocenters. The largest absolute Gasteiger partial charge is 0.393 e. The van der Waals surface area contributed by atoms with Crippen LogP contribution in [0.5, 0.6) is 0 Å². The number of nitrogens with two attached hydrogens (primary N) is 1. The lowest BCUT2D eigenvalue weighted by Gasteiger charge is -2.18. The summed E-state index contributed by atoms with van der Waals surface area (Å²) in [4.78, 5) is 0.